The van der Waals surface area contributed by atoms with Crippen molar-refractivity contribution in [3.05, 3.63) is 48.0 Å². The predicted octanol–water partition coefficient (Wildman–Crippen LogP) is 3.83. The van der Waals surface area contributed by atoms with Crippen LogP contribution in [-0.4, -0.2) is 84.5 Å². The van der Waals surface area contributed by atoms with Crippen LogP contribution in [0.3, 0.4) is 0 Å². The van der Waals surface area contributed by atoms with Crippen LogP contribution in [-0.2, 0) is 34.0 Å². The maximum atomic E-state index is 14.3. The Hall–Kier alpha value is -3.94. The molecule has 5 aliphatic rings. The van der Waals surface area contributed by atoms with E-state index in [9.17, 15) is 27.6 Å². The molecule has 2 heterocycles. The van der Waals surface area contributed by atoms with Crippen LogP contribution < -0.4 is 15.4 Å². The predicted molar refractivity (Wildman–Crippen MR) is 185 cm³/mol. The van der Waals surface area contributed by atoms with Crippen molar-refractivity contribution >= 4 is 39.5 Å². The van der Waals surface area contributed by atoms with Gasteiger partial charge >= 0.3 is 6.09 Å². The molecule has 6 rings (SSSR count). The first-order valence-corrected chi connectivity index (χ1v) is 19.7. The van der Waals surface area contributed by atoms with Crippen molar-refractivity contribution in [1.29, 1.82) is 0 Å². The van der Waals surface area contributed by atoms with Crippen molar-refractivity contribution in [1.82, 2.24) is 20.3 Å². The highest BCUT2D eigenvalue weighted by Gasteiger charge is 2.62. The zero-order valence-corrected chi connectivity index (χ0v) is 29.5. The lowest BCUT2D eigenvalue weighted by Gasteiger charge is -2.30. The maximum absolute atomic E-state index is 14.3. The van der Waals surface area contributed by atoms with Crippen molar-refractivity contribution in [3.8, 4) is 0 Å². The molecule has 3 N–H and O–H groups in total. The topological polar surface area (TPSA) is 173 Å². The van der Waals surface area contributed by atoms with Crippen molar-refractivity contribution in [2.24, 2.45) is 11.1 Å². The van der Waals surface area contributed by atoms with Gasteiger partial charge in [0.15, 0.2) is 0 Å². The number of carbonyl (C=O) groups is 4. The number of hydrogen-bond donors (Lipinski definition) is 3. The van der Waals surface area contributed by atoms with Crippen molar-refractivity contribution in [3.63, 3.8) is 0 Å². The van der Waals surface area contributed by atoms with Crippen LogP contribution in [0.15, 0.2) is 47.6 Å². The summed E-state index contributed by atoms with van der Waals surface area (Å²) >= 11 is 0. The first kappa shape index (κ1) is 35.9. The van der Waals surface area contributed by atoms with E-state index in [2.05, 4.69) is 20.5 Å². The number of ether oxygens (including phenoxy) is 1. The second-order valence-corrected chi connectivity index (χ2v) is 16.2. The minimum atomic E-state index is -3.86. The molecule has 2 aliphatic heterocycles. The van der Waals surface area contributed by atoms with E-state index in [0.29, 0.717) is 37.8 Å². The number of oxime groups is 1. The Morgan fingerprint density at radius 1 is 1.00 bits per heavy atom. The van der Waals surface area contributed by atoms with Crippen LogP contribution >= 0.6 is 0 Å². The van der Waals surface area contributed by atoms with E-state index in [1.54, 1.807) is 0 Å². The van der Waals surface area contributed by atoms with Crippen molar-refractivity contribution in [2.45, 2.75) is 132 Å². The number of nitrogens with zero attached hydrogens (tertiary/aromatic N) is 2. The van der Waals surface area contributed by atoms with E-state index in [4.69, 9.17) is 9.57 Å². The summed E-state index contributed by atoms with van der Waals surface area (Å²) in [4.78, 5) is 62.5. The highest BCUT2D eigenvalue weighted by molar-refractivity contribution is 7.91. The molecule has 4 fully saturated rings. The molecule has 1 unspecified atom stereocenters. The number of alkyl carbamates (subject to hydrolysis) is 1. The lowest BCUT2D eigenvalue weighted by atomic mass is 10.0. The molecular formula is C36H49N5O8S. The number of fused-ring (bicyclic) bond motifs is 2. The lowest BCUT2D eigenvalue weighted by molar-refractivity contribution is -0.141. The fourth-order valence-electron chi connectivity index (χ4n) is 7.26. The molecule has 272 valence electrons. The third-order valence-corrected chi connectivity index (χ3v) is 12.3. The highest BCUT2D eigenvalue weighted by Crippen LogP contribution is 2.46. The number of hydrogen-bond acceptors (Lipinski definition) is 9. The summed E-state index contributed by atoms with van der Waals surface area (Å²) in [6.07, 6.45) is 11.1. The first-order chi connectivity index (χ1) is 24.1. The molecule has 0 radical (unpaired) electrons. The summed E-state index contributed by atoms with van der Waals surface area (Å²) in [6, 6.07) is 7.58. The molecule has 50 heavy (non-hydrogen) atoms. The van der Waals surface area contributed by atoms with E-state index >= 15 is 0 Å². The fourth-order valence-corrected chi connectivity index (χ4v) is 8.63. The number of benzene rings is 1. The van der Waals surface area contributed by atoms with Crippen LogP contribution in [0.4, 0.5) is 4.79 Å². The molecule has 5 atom stereocenters. The molecule has 4 amide bonds. The molecule has 0 bridgehead atoms. The monoisotopic (exact) mass is 711 g/mol. The number of nitrogens with one attached hydrogen (secondary N) is 3. The van der Waals surface area contributed by atoms with Gasteiger partial charge in [-0.1, -0.05) is 67.4 Å². The van der Waals surface area contributed by atoms with E-state index in [1.165, 1.54) is 4.90 Å². The largest absolute Gasteiger partial charge is 0.446 e. The van der Waals surface area contributed by atoms with Gasteiger partial charge in [0, 0.05) is 12.3 Å². The third-order valence-electron chi connectivity index (χ3n) is 10.5. The Kier molecular flexibility index (Phi) is 11.1. The number of sulfonamides is 1. The van der Waals surface area contributed by atoms with Gasteiger partial charge < -0.3 is 25.1 Å². The van der Waals surface area contributed by atoms with Crippen LogP contribution in [0, 0.1) is 5.92 Å². The molecule has 1 aromatic carbocycles. The average molecular weight is 712 g/mol. The fraction of sp³-hybridized carbons (Fsp3) is 0.639. The van der Waals surface area contributed by atoms with Crippen molar-refractivity contribution < 1.29 is 37.2 Å². The van der Waals surface area contributed by atoms with Gasteiger partial charge in [-0.25, -0.2) is 13.2 Å². The van der Waals surface area contributed by atoms with E-state index in [-0.39, 0.29) is 25.5 Å². The Bertz CT molecular complexity index is 1590. The quantitative estimate of drug-likeness (QED) is 0.197. The average Bonchev–Trinajstić information content (AvgIpc) is 3.97. The molecule has 3 saturated carbocycles. The summed E-state index contributed by atoms with van der Waals surface area (Å²) in [5.41, 5.74) is 0.135. The van der Waals surface area contributed by atoms with Gasteiger partial charge in [-0.15, -0.1) is 0 Å². The summed E-state index contributed by atoms with van der Waals surface area (Å²) in [5, 5.41) is 9.49. The smallest absolute Gasteiger partial charge is 0.408 e. The number of rotatable bonds is 9. The van der Waals surface area contributed by atoms with Gasteiger partial charge in [-0.3, -0.25) is 19.1 Å². The second kappa shape index (κ2) is 15.5. The molecule has 13 nitrogen and oxygen atoms in total. The minimum absolute atomic E-state index is 0.0284. The zero-order chi connectivity index (χ0) is 35.3. The summed E-state index contributed by atoms with van der Waals surface area (Å²) in [7, 11) is -3.86. The SMILES string of the molecule is CC/C(=N\O[C@@H]1C[C@H]2C(=O)N[C@]3(C(=O)NS(=O)(=O)C4CC4)CC3/C=C\CCCCC[C@H](NC(=O)OC3CCCC3)C(=O)N2C1)c1ccccc1. The van der Waals surface area contributed by atoms with Crippen LogP contribution in [0.1, 0.15) is 102 Å². The second-order valence-electron chi connectivity index (χ2n) is 14.2. The molecule has 0 spiro atoms. The van der Waals surface area contributed by atoms with E-state index < -0.39 is 68.7 Å². The van der Waals surface area contributed by atoms with Gasteiger partial charge in [-0.05, 0) is 76.2 Å². The molecule has 14 heteroatoms. The van der Waals surface area contributed by atoms with Gasteiger partial charge in [0.25, 0.3) is 5.91 Å². The van der Waals surface area contributed by atoms with Gasteiger partial charge in [0.05, 0.1) is 17.5 Å². The molecule has 1 saturated heterocycles. The minimum Gasteiger partial charge on any atom is -0.446 e. The van der Waals surface area contributed by atoms with E-state index in [0.717, 1.165) is 50.5 Å². The Labute approximate surface area is 294 Å². The Morgan fingerprint density at radius 3 is 2.46 bits per heavy atom. The van der Waals surface area contributed by atoms with Crippen LogP contribution in [0.25, 0.3) is 0 Å². The number of allylic oxidation sites excluding steroid dienone is 1. The molecule has 0 aromatic heterocycles. The zero-order valence-electron chi connectivity index (χ0n) is 28.7. The van der Waals surface area contributed by atoms with Crippen molar-refractivity contribution in [2.75, 3.05) is 6.54 Å². The third kappa shape index (κ3) is 8.50. The summed E-state index contributed by atoms with van der Waals surface area (Å²) < 4.78 is 33.4. The summed E-state index contributed by atoms with van der Waals surface area (Å²) in [5.74, 6) is -2.21. The van der Waals surface area contributed by atoms with Gasteiger partial charge in [0.2, 0.25) is 21.8 Å². The van der Waals surface area contributed by atoms with Gasteiger partial charge in [0.1, 0.15) is 29.8 Å². The first-order valence-electron chi connectivity index (χ1n) is 18.2. The van der Waals surface area contributed by atoms with Crippen LogP contribution in [0.2, 0.25) is 0 Å². The molecular weight excluding hydrogens is 662 g/mol. The lowest BCUT2D eigenvalue weighted by Crippen LogP contribution is -2.58. The maximum Gasteiger partial charge on any atom is 0.408 e. The standard InChI is InChI=1S/C36H49N5O8S/c1-2-29(24-13-7-6-8-14-24)39-49-27-21-31-32(42)38-36(34(44)40-50(46,47)28-19-20-28)22-25(36)15-9-4-3-5-10-18-30(33(43)41(31)23-27)37-35(45)48-26-16-11-12-17-26/h6-9,13-15,25-28,30-31H,2-5,10-12,16-23H2,1H3,(H,37,45)(H,38,42)(H,40,44)/b15-9-,39-29+/t25?,27-,30+,31+,36-/m1/s1. The highest BCUT2D eigenvalue weighted by atomic mass is 32.2. The number of carbonyl (C=O) groups excluding carboxylic acids is 4. The van der Waals surface area contributed by atoms with Gasteiger partial charge in [-0.2, -0.15) is 0 Å². The normalized spacial score (nSPS) is 30.2. The summed E-state index contributed by atoms with van der Waals surface area (Å²) in [6.45, 7) is 1.99. The molecule has 3 aliphatic carbocycles. The van der Waals surface area contributed by atoms with E-state index in [1.807, 2.05) is 49.4 Å². The number of amides is 4. The van der Waals surface area contributed by atoms with Crippen LogP contribution in [0.5, 0.6) is 0 Å². The molecule has 1 aromatic rings. The Balaban J connectivity index is 1.26. The Morgan fingerprint density at radius 2 is 1.74 bits per heavy atom.